The first-order chi connectivity index (χ1) is 30.7. The third-order valence-corrected chi connectivity index (χ3v) is 9.93. The van der Waals surface area contributed by atoms with E-state index in [0.29, 0.717) is 68.9 Å². The van der Waals surface area contributed by atoms with Crippen LogP contribution in [0.2, 0.25) is 0 Å². The third kappa shape index (κ3) is 14.3. The van der Waals surface area contributed by atoms with E-state index in [1.807, 2.05) is 6.92 Å². The van der Waals surface area contributed by atoms with Crippen molar-refractivity contribution in [3.63, 3.8) is 0 Å². The molecule has 0 N–H and O–H groups in total. The van der Waals surface area contributed by atoms with Crippen LogP contribution in [0, 0.1) is 10.1 Å². The molecular formula is C45H60N6O13. The molecular weight excluding hydrogens is 833 g/mol. The van der Waals surface area contributed by atoms with Gasteiger partial charge in [0.25, 0.3) is 23.4 Å². The van der Waals surface area contributed by atoms with E-state index in [2.05, 4.69) is 0 Å². The lowest BCUT2D eigenvalue weighted by Crippen LogP contribution is -2.38. The molecule has 2 atom stereocenters. The Bertz CT molecular complexity index is 2140. The molecule has 64 heavy (non-hydrogen) atoms. The van der Waals surface area contributed by atoms with Crippen molar-refractivity contribution < 1.29 is 57.3 Å². The van der Waals surface area contributed by atoms with Crippen molar-refractivity contribution in [1.82, 2.24) is 9.13 Å². The lowest BCUT2D eigenvalue weighted by molar-refractivity contribution is -0.384. The second-order valence-electron chi connectivity index (χ2n) is 14.7. The van der Waals surface area contributed by atoms with Crippen LogP contribution in [0.5, 0.6) is 0 Å². The summed E-state index contributed by atoms with van der Waals surface area (Å²) in [5.74, 6) is -1.74. The molecule has 4 rings (SSSR count). The van der Waals surface area contributed by atoms with Gasteiger partial charge < -0.3 is 57.0 Å². The highest BCUT2D eigenvalue weighted by atomic mass is 16.6. The molecule has 19 nitrogen and oxygen atoms in total. The number of rotatable bonds is 27. The SMILES string of the molecule is CCOC(=O)c1cc(N(C[C@H](C)OCCOCCOC)C(=O)c2ccc(N(C)C(=O)c3cc(N(C[C@H](C)OCCOCCOC)C(=O)c4ccc([N+](=O)[O-])cc4)cn3C)cc2)cn1C. The quantitative estimate of drug-likeness (QED) is 0.0330. The molecule has 2 aromatic carbocycles. The van der Waals surface area contributed by atoms with Crippen LogP contribution < -0.4 is 14.7 Å². The van der Waals surface area contributed by atoms with Gasteiger partial charge in [0.15, 0.2) is 0 Å². The number of methoxy groups -OCH3 is 2. The van der Waals surface area contributed by atoms with Gasteiger partial charge in [0.1, 0.15) is 11.4 Å². The number of aromatic nitrogens is 2. The third-order valence-electron chi connectivity index (χ3n) is 9.93. The number of anilines is 3. The summed E-state index contributed by atoms with van der Waals surface area (Å²) in [4.78, 5) is 70.2. The van der Waals surface area contributed by atoms with Crippen LogP contribution in [0.1, 0.15) is 62.5 Å². The number of hydrogen-bond acceptors (Lipinski definition) is 13. The molecule has 0 aliphatic carbocycles. The van der Waals surface area contributed by atoms with Crippen LogP contribution in [0.25, 0.3) is 0 Å². The van der Waals surface area contributed by atoms with Crippen molar-refractivity contribution >= 4 is 46.4 Å². The van der Waals surface area contributed by atoms with Crippen molar-refractivity contribution in [3.05, 3.63) is 106 Å². The van der Waals surface area contributed by atoms with Crippen LogP contribution in [0.4, 0.5) is 22.7 Å². The molecule has 0 radical (unpaired) electrons. The summed E-state index contributed by atoms with van der Waals surface area (Å²) in [6.07, 6.45) is 2.45. The van der Waals surface area contributed by atoms with Crippen molar-refractivity contribution in [3.8, 4) is 0 Å². The largest absolute Gasteiger partial charge is 0.461 e. The minimum atomic E-state index is -0.542. The molecule has 0 bridgehead atoms. The Kier molecular flexibility index (Phi) is 20.1. The number of ether oxygens (including phenoxy) is 7. The molecule has 0 spiro atoms. The summed E-state index contributed by atoms with van der Waals surface area (Å²) in [5, 5.41) is 11.3. The predicted molar refractivity (Wildman–Crippen MR) is 239 cm³/mol. The molecule has 0 aliphatic heterocycles. The smallest absolute Gasteiger partial charge is 0.355 e. The minimum absolute atomic E-state index is 0.0925. The highest BCUT2D eigenvalue weighted by molar-refractivity contribution is 6.10. The van der Waals surface area contributed by atoms with Gasteiger partial charge in [-0.25, -0.2) is 4.79 Å². The molecule has 3 amide bonds. The van der Waals surface area contributed by atoms with Gasteiger partial charge >= 0.3 is 5.97 Å². The maximum absolute atomic E-state index is 14.2. The molecule has 2 heterocycles. The number of amides is 3. The summed E-state index contributed by atoms with van der Waals surface area (Å²) >= 11 is 0. The maximum Gasteiger partial charge on any atom is 0.355 e. The average Bonchev–Trinajstić information content (AvgIpc) is 3.88. The van der Waals surface area contributed by atoms with E-state index in [9.17, 15) is 29.3 Å². The van der Waals surface area contributed by atoms with Gasteiger partial charge in [-0.2, -0.15) is 0 Å². The fourth-order valence-electron chi connectivity index (χ4n) is 6.50. The summed E-state index contributed by atoms with van der Waals surface area (Å²) < 4.78 is 41.3. The number of carbonyl (C=O) groups is 4. The number of hydrogen-bond donors (Lipinski definition) is 0. The highest BCUT2D eigenvalue weighted by Gasteiger charge is 2.28. The Morgan fingerprint density at radius 1 is 0.641 bits per heavy atom. The summed E-state index contributed by atoms with van der Waals surface area (Å²) in [5.41, 5.74) is 2.25. The summed E-state index contributed by atoms with van der Waals surface area (Å²) in [6.45, 7) is 8.75. The first-order valence-corrected chi connectivity index (χ1v) is 20.8. The van der Waals surface area contributed by atoms with Crippen LogP contribution >= 0.6 is 0 Å². The molecule has 0 saturated carbocycles. The van der Waals surface area contributed by atoms with E-state index in [1.165, 1.54) is 39.0 Å². The van der Waals surface area contributed by atoms with Gasteiger partial charge in [0.2, 0.25) is 0 Å². The Labute approximate surface area is 373 Å². The standard InChI is InChI=1S/C45H60N6O13/c1-9-62-45(55)41-27-39(31-47(41)5)50(29-33(3)64-25-23-61-21-19-59-8)42(52)34-10-14-36(15-11-34)48(6)44(54)40-26-38(30-46(40)4)49(28-32(2)63-24-22-60-20-18-58-7)43(53)35-12-16-37(17-13-35)51(56)57/h10-17,26-27,30-33H,9,18-25,28-29H2,1-8H3/t32-,33-/m0/s1. The number of esters is 1. The van der Waals surface area contributed by atoms with Crippen molar-refractivity contribution in [2.24, 2.45) is 14.1 Å². The molecule has 2 aromatic heterocycles. The van der Waals surface area contributed by atoms with E-state index in [1.54, 1.807) is 107 Å². The zero-order valence-electron chi connectivity index (χ0n) is 37.9. The minimum Gasteiger partial charge on any atom is -0.461 e. The summed E-state index contributed by atoms with van der Waals surface area (Å²) in [7, 11) is 8.15. The number of nitro benzene ring substituents is 1. The van der Waals surface area contributed by atoms with Crippen LogP contribution in [-0.4, -0.2) is 144 Å². The molecule has 4 aromatic rings. The van der Waals surface area contributed by atoms with Crippen molar-refractivity contribution in [1.29, 1.82) is 0 Å². The molecule has 348 valence electrons. The Morgan fingerprint density at radius 2 is 1.08 bits per heavy atom. The first kappa shape index (κ1) is 50.7. The van der Waals surface area contributed by atoms with Gasteiger partial charge in [-0.05, 0) is 69.3 Å². The summed E-state index contributed by atoms with van der Waals surface area (Å²) in [6, 6.07) is 15.0. The van der Waals surface area contributed by atoms with E-state index in [-0.39, 0.29) is 54.8 Å². The Balaban J connectivity index is 1.55. The van der Waals surface area contributed by atoms with Gasteiger partial charge in [-0.1, -0.05) is 0 Å². The lowest BCUT2D eigenvalue weighted by atomic mass is 10.1. The topological polar surface area (TPSA) is 196 Å². The van der Waals surface area contributed by atoms with Gasteiger partial charge in [0, 0.05) is 76.7 Å². The highest BCUT2D eigenvalue weighted by Crippen LogP contribution is 2.27. The lowest BCUT2D eigenvalue weighted by Gasteiger charge is -2.26. The number of benzene rings is 2. The average molecular weight is 893 g/mol. The molecule has 0 aliphatic rings. The second kappa shape index (κ2) is 25.4. The number of non-ortho nitro benzene ring substituents is 1. The van der Waals surface area contributed by atoms with Gasteiger partial charge in [0.05, 0.1) is 101 Å². The van der Waals surface area contributed by atoms with E-state index in [4.69, 9.17) is 33.2 Å². The van der Waals surface area contributed by atoms with Crippen LogP contribution in [0.3, 0.4) is 0 Å². The Morgan fingerprint density at radius 3 is 1.53 bits per heavy atom. The van der Waals surface area contributed by atoms with Crippen molar-refractivity contribution in [2.45, 2.75) is 33.0 Å². The van der Waals surface area contributed by atoms with Crippen LogP contribution in [-0.2, 0) is 47.3 Å². The van der Waals surface area contributed by atoms with Crippen molar-refractivity contribution in [2.75, 3.05) is 109 Å². The second-order valence-corrected chi connectivity index (χ2v) is 14.7. The maximum atomic E-state index is 14.2. The molecule has 0 saturated heterocycles. The zero-order valence-corrected chi connectivity index (χ0v) is 37.9. The fraction of sp³-hybridized carbons (Fsp3) is 0.467. The van der Waals surface area contributed by atoms with E-state index < -0.39 is 34.9 Å². The zero-order chi connectivity index (χ0) is 46.8. The van der Waals surface area contributed by atoms with E-state index >= 15 is 0 Å². The van der Waals surface area contributed by atoms with Crippen LogP contribution in [0.15, 0.2) is 73.1 Å². The van der Waals surface area contributed by atoms with E-state index in [0.717, 1.165) is 0 Å². The number of carbonyl (C=O) groups excluding carboxylic acids is 4. The van der Waals surface area contributed by atoms with Gasteiger partial charge in [-0.15, -0.1) is 0 Å². The normalized spacial score (nSPS) is 12.1. The monoisotopic (exact) mass is 892 g/mol. The number of aryl methyl sites for hydroxylation is 2. The Hall–Kier alpha value is -5.96. The molecule has 0 fully saturated rings. The molecule has 19 heteroatoms. The number of nitro groups is 1. The molecule has 0 unspecified atom stereocenters. The first-order valence-electron chi connectivity index (χ1n) is 20.8. The van der Waals surface area contributed by atoms with Gasteiger partial charge in [-0.3, -0.25) is 24.5 Å². The predicted octanol–water partition coefficient (Wildman–Crippen LogP) is 5.15. The number of nitrogens with zero attached hydrogens (tertiary/aromatic N) is 6. The fourth-order valence-corrected chi connectivity index (χ4v) is 6.50.